The van der Waals surface area contributed by atoms with E-state index in [-0.39, 0.29) is 16.9 Å². The second kappa shape index (κ2) is 7.93. The molecule has 3 aromatic carbocycles. The van der Waals surface area contributed by atoms with Crippen LogP contribution in [-0.2, 0) is 10.0 Å². The number of benzene rings is 3. The van der Waals surface area contributed by atoms with Gasteiger partial charge in [0.15, 0.2) is 0 Å². The molecule has 6 heteroatoms. The fraction of sp³-hybridized carbons (Fsp3) is 0.107. The summed E-state index contributed by atoms with van der Waals surface area (Å²) in [4.78, 5) is 4.88. The van der Waals surface area contributed by atoms with Gasteiger partial charge < -0.3 is 0 Å². The van der Waals surface area contributed by atoms with Gasteiger partial charge in [0, 0.05) is 22.2 Å². The molecule has 2 aliphatic rings. The highest BCUT2D eigenvalue weighted by Crippen LogP contribution is 2.57. The summed E-state index contributed by atoms with van der Waals surface area (Å²) in [5.74, 6) is -0.129. The molecule has 1 aliphatic heterocycles. The summed E-state index contributed by atoms with van der Waals surface area (Å²) >= 11 is 3.64. The van der Waals surface area contributed by atoms with Crippen LogP contribution >= 0.6 is 15.9 Å². The molecule has 4 aromatic rings. The zero-order valence-electron chi connectivity index (χ0n) is 18.4. The minimum Gasteiger partial charge on any atom is -0.258 e. The average Bonchev–Trinajstić information content (AvgIpc) is 3.19. The zero-order valence-corrected chi connectivity index (χ0v) is 20.8. The Hall–Kier alpha value is -3.22. The van der Waals surface area contributed by atoms with Crippen molar-refractivity contribution in [3.63, 3.8) is 0 Å². The summed E-state index contributed by atoms with van der Waals surface area (Å²) in [6.45, 7) is 1.95. The number of anilines is 1. The van der Waals surface area contributed by atoms with Crippen LogP contribution in [0.25, 0.3) is 17.3 Å². The molecule has 0 saturated heterocycles. The SMILES string of the molecule is Cc1ccc(S(=O)(=O)N2c3cc(Br)cc(-c4ccccn4)c3[C@@H]3C=Cc4ccccc4[C@@H]32)cc1. The van der Waals surface area contributed by atoms with Crippen molar-refractivity contribution in [1.82, 2.24) is 4.98 Å². The number of hydrogen-bond donors (Lipinski definition) is 0. The number of sulfonamides is 1. The van der Waals surface area contributed by atoms with Crippen LogP contribution in [0.4, 0.5) is 5.69 Å². The largest absolute Gasteiger partial charge is 0.264 e. The molecule has 0 radical (unpaired) electrons. The lowest BCUT2D eigenvalue weighted by Gasteiger charge is -2.32. The summed E-state index contributed by atoms with van der Waals surface area (Å²) in [5.41, 5.74) is 6.49. The van der Waals surface area contributed by atoms with Gasteiger partial charge in [0.05, 0.1) is 22.3 Å². The second-order valence-electron chi connectivity index (χ2n) is 8.67. The third-order valence-electron chi connectivity index (χ3n) is 6.60. The molecule has 34 heavy (non-hydrogen) atoms. The highest BCUT2D eigenvalue weighted by atomic mass is 79.9. The first-order valence-corrected chi connectivity index (χ1v) is 13.3. The molecule has 1 aliphatic carbocycles. The topological polar surface area (TPSA) is 50.3 Å². The smallest absolute Gasteiger partial charge is 0.258 e. The van der Waals surface area contributed by atoms with Crippen molar-refractivity contribution in [3.05, 3.63) is 118 Å². The maximum absolute atomic E-state index is 14.2. The first-order valence-electron chi connectivity index (χ1n) is 11.1. The highest BCUT2D eigenvalue weighted by molar-refractivity contribution is 9.10. The zero-order chi connectivity index (χ0) is 23.4. The van der Waals surface area contributed by atoms with Gasteiger partial charge in [-0.2, -0.15) is 0 Å². The normalized spacial score (nSPS) is 18.4. The number of halogens is 1. The average molecular weight is 529 g/mol. The predicted octanol–water partition coefficient (Wildman–Crippen LogP) is 6.88. The molecule has 6 rings (SSSR count). The molecule has 2 heterocycles. The lowest BCUT2D eigenvalue weighted by molar-refractivity contribution is 0.575. The van der Waals surface area contributed by atoms with Crippen LogP contribution < -0.4 is 4.31 Å². The van der Waals surface area contributed by atoms with Crippen LogP contribution in [0.2, 0.25) is 0 Å². The molecule has 0 saturated carbocycles. The number of nitrogens with zero attached hydrogens (tertiary/aromatic N) is 2. The molecule has 1 aromatic heterocycles. The molecule has 0 unspecified atom stereocenters. The lowest BCUT2D eigenvalue weighted by atomic mass is 9.81. The minimum absolute atomic E-state index is 0.129. The Balaban J connectivity index is 1.66. The van der Waals surface area contributed by atoms with Crippen molar-refractivity contribution in [2.75, 3.05) is 4.31 Å². The van der Waals surface area contributed by atoms with Gasteiger partial charge in [-0.05, 0) is 60.0 Å². The Kier molecular flexibility index (Phi) is 4.97. The number of aromatic nitrogens is 1. The second-order valence-corrected chi connectivity index (χ2v) is 11.4. The quantitative estimate of drug-likeness (QED) is 0.291. The Morgan fingerprint density at radius 1 is 0.941 bits per heavy atom. The molecule has 168 valence electrons. The molecule has 0 spiro atoms. The van der Waals surface area contributed by atoms with E-state index in [1.807, 2.05) is 73.7 Å². The van der Waals surface area contributed by atoms with Crippen molar-refractivity contribution in [2.45, 2.75) is 23.8 Å². The van der Waals surface area contributed by atoms with Crippen LogP contribution in [-0.4, -0.2) is 13.4 Å². The van der Waals surface area contributed by atoms with E-state index in [0.29, 0.717) is 5.69 Å². The molecular weight excluding hydrogens is 508 g/mol. The van der Waals surface area contributed by atoms with Crippen LogP contribution in [0.15, 0.2) is 101 Å². The first kappa shape index (κ1) is 21.3. The van der Waals surface area contributed by atoms with E-state index in [2.05, 4.69) is 33.1 Å². The predicted molar refractivity (Wildman–Crippen MR) is 139 cm³/mol. The number of aryl methyl sites for hydroxylation is 1. The van der Waals surface area contributed by atoms with Gasteiger partial charge in [0.1, 0.15) is 0 Å². The van der Waals surface area contributed by atoms with Crippen LogP contribution in [0.1, 0.15) is 34.2 Å². The van der Waals surface area contributed by atoms with Gasteiger partial charge in [0.2, 0.25) is 0 Å². The van der Waals surface area contributed by atoms with Gasteiger partial charge in [-0.15, -0.1) is 0 Å². The maximum atomic E-state index is 14.2. The van der Waals surface area contributed by atoms with Crippen molar-refractivity contribution in [1.29, 1.82) is 0 Å². The number of rotatable bonds is 3. The van der Waals surface area contributed by atoms with E-state index in [4.69, 9.17) is 0 Å². The molecular formula is C28H21BrN2O2S. The van der Waals surface area contributed by atoms with Crippen LogP contribution in [0, 0.1) is 6.92 Å². The van der Waals surface area contributed by atoms with E-state index in [1.54, 1.807) is 22.6 Å². The first-order chi connectivity index (χ1) is 16.4. The third-order valence-corrected chi connectivity index (χ3v) is 8.87. The fourth-order valence-corrected chi connectivity index (χ4v) is 7.19. The van der Waals surface area contributed by atoms with Crippen molar-refractivity contribution in [3.8, 4) is 11.3 Å². The number of fused-ring (bicyclic) bond motifs is 5. The Labute approximate surface area is 207 Å². The van der Waals surface area contributed by atoms with Gasteiger partial charge in [-0.25, -0.2) is 8.42 Å². The van der Waals surface area contributed by atoms with Crippen molar-refractivity contribution >= 4 is 37.7 Å². The molecule has 0 bridgehead atoms. The van der Waals surface area contributed by atoms with E-state index in [1.165, 1.54) is 0 Å². The lowest BCUT2D eigenvalue weighted by Crippen LogP contribution is -2.34. The Morgan fingerprint density at radius 2 is 1.71 bits per heavy atom. The summed E-state index contributed by atoms with van der Waals surface area (Å²) in [7, 11) is -3.84. The third kappa shape index (κ3) is 3.24. The van der Waals surface area contributed by atoms with E-state index in [9.17, 15) is 8.42 Å². The maximum Gasteiger partial charge on any atom is 0.264 e. The van der Waals surface area contributed by atoms with Gasteiger partial charge in [0.25, 0.3) is 10.0 Å². The fourth-order valence-electron chi connectivity index (χ4n) is 5.09. The minimum atomic E-state index is -3.84. The number of pyridine rings is 1. The molecule has 0 fully saturated rings. The summed E-state index contributed by atoms with van der Waals surface area (Å²) < 4.78 is 30.8. The highest BCUT2D eigenvalue weighted by Gasteiger charge is 2.47. The van der Waals surface area contributed by atoms with Gasteiger partial charge >= 0.3 is 0 Å². The van der Waals surface area contributed by atoms with E-state index in [0.717, 1.165) is 38.0 Å². The standard InChI is InChI=1S/C28H21BrN2O2S/c1-18-9-12-21(13-10-18)34(32,33)31-26-17-20(29)16-24(25-8-4-5-15-30-25)27(26)23-14-11-19-6-2-3-7-22(19)28(23)31/h2-17,23,28H,1H3/t23-,28-/m0/s1. The van der Waals surface area contributed by atoms with Gasteiger partial charge in [-0.1, -0.05) is 76.1 Å². The Bertz CT molecular complexity index is 1550. The molecule has 0 amide bonds. The molecule has 4 nitrogen and oxygen atoms in total. The van der Waals surface area contributed by atoms with Gasteiger partial charge in [-0.3, -0.25) is 9.29 Å². The van der Waals surface area contributed by atoms with Crippen molar-refractivity contribution in [2.24, 2.45) is 0 Å². The molecule has 2 atom stereocenters. The van der Waals surface area contributed by atoms with Crippen LogP contribution in [0.5, 0.6) is 0 Å². The van der Waals surface area contributed by atoms with E-state index < -0.39 is 10.0 Å². The molecule has 0 N–H and O–H groups in total. The summed E-state index contributed by atoms with van der Waals surface area (Å²) in [6, 6.07) is 24.5. The number of hydrogen-bond acceptors (Lipinski definition) is 3. The van der Waals surface area contributed by atoms with E-state index >= 15 is 0 Å². The van der Waals surface area contributed by atoms with Crippen molar-refractivity contribution < 1.29 is 8.42 Å². The monoisotopic (exact) mass is 528 g/mol. The van der Waals surface area contributed by atoms with Crippen LogP contribution in [0.3, 0.4) is 0 Å². The summed E-state index contributed by atoms with van der Waals surface area (Å²) in [5, 5.41) is 0. The summed E-state index contributed by atoms with van der Waals surface area (Å²) in [6.07, 6.45) is 6.01. The Morgan fingerprint density at radius 3 is 2.47 bits per heavy atom.